The van der Waals surface area contributed by atoms with E-state index in [1.807, 2.05) is 48.3 Å². The monoisotopic (exact) mass is 286 g/mol. The van der Waals surface area contributed by atoms with Crippen molar-refractivity contribution in [1.29, 1.82) is 0 Å². The van der Waals surface area contributed by atoms with E-state index in [1.54, 1.807) is 21.3 Å². The molecule has 0 saturated carbocycles. The Bertz CT molecular complexity index is 608. The molecule has 0 saturated heterocycles. The van der Waals surface area contributed by atoms with Crippen LogP contribution in [-0.2, 0) is 7.05 Å². The number of ether oxygens (including phenoxy) is 3. The molecule has 0 spiro atoms. The summed E-state index contributed by atoms with van der Waals surface area (Å²) >= 11 is 0. The fourth-order valence-corrected chi connectivity index (χ4v) is 2.01. The van der Waals surface area contributed by atoms with Gasteiger partial charge in [0.25, 0.3) is 0 Å². The van der Waals surface area contributed by atoms with Crippen molar-refractivity contribution in [1.82, 2.24) is 0 Å². The van der Waals surface area contributed by atoms with E-state index in [0.29, 0.717) is 17.2 Å². The first-order valence-electron chi connectivity index (χ1n) is 6.61. The smallest absolute Gasteiger partial charge is 0.203 e. The lowest BCUT2D eigenvalue weighted by Gasteiger charge is -2.12. The first kappa shape index (κ1) is 14.9. The minimum atomic E-state index is 0.601. The number of benzene rings is 1. The van der Waals surface area contributed by atoms with Crippen molar-refractivity contribution in [3.05, 3.63) is 47.8 Å². The second kappa shape index (κ2) is 6.79. The quantitative estimate of drug-likeness (QED) is 0.792. The highest BCUT2D eigenvalue weighted by molar-refractivity contribution is 5.72. The normalized spacial score (nSPS) is 10.7. The summed E-state index contributed by atoms with van der Waals surface area (Å²) < 4.78 is 18.0. The third-order valence-corrected chi connectivity index (χ3v) is 3.16. The van der Waals surface area contributed by atoms with Crippen LogP contribution in [0.5, 0.6) is 17.2 Å². The Hall–Kier alpha value is -2.49. The summed E-state index contributed by atoms with van der Waals surface area (Å²) in [5.74, 6) is 1.90. The van der Waals surface area contributed by atoms with E-state index in [4.69, 9.17) is 14.2 Å². The van der Waals surface area contributed by atoms with Crippen molar-refractivity contribution in [2.24, 2.45) is 7.05 Å². The average molecular weight is 286 g/mol. The van der Waals surface area contributed by atoms with Crippen molar-refractivity contribution in [2.75, 3.05) is 21.3 Å². The molecule has 0 radical (unpaired) electrons. The number of hydrogen-bond donors (Lipinski definition) is 0. The number of nitrogens with zero attached hydrogens (tertiary/aromatic N) is 1. The summed E-state index contributed by atoms with van der Waals surface area (Å²) in [7, 11) is 6.82. The molecular weight excluding hydrogens is 266 g/mol. The van der Waals surface area contributed by atoms with Crippen LogP contribution in [0, 0.1) is 0 Å². The lowest BCUT2D eigenvalue weighted by molar-refractivity contribution is -0.671. The van der Waals surface area contributed by atoms with Crippen LogP contribution in [0.2, 0.25) is 0 Å². The Morgan fingerprint density at radius 1 is 0.810 bits per heavy atom. The molecule has 1 aromatic heterocycles. The summed E-state index contributed by atoms with van der Waals surface area (Å²) in [5.41, 5.74) is 2.11. The van der Waals surface area contributed by atoms with E-state index in [0.717, 1.165) is 11.1 Å². The van der Waals surface area contributed by atoms with Gasteiger partial charge in [0.1, 0.15) is 7.05 Å². The van der Waals surface area contributed by atoms with Crippen LogP contribution in [0.25, 0.3) is 12.2 Å². The number of rotatable bonds is 5. The number of aryl methyl sites for hydroxylation is 1. The zero-order valence-corrected chi connectivity index (χ0v) is 12.8. The number of pyridine rings is 1. The van der Waals surface area contributed by atoms with Gasteiger partial charge in [-0.3, -0.25) is 0 Å². The van der Waals surface area contributed by atoms with Gasteiger partial charge >= 0.3 is 0 Å². The molecule has 110 valence electrons. The number of hydrogen-bond acceptors (Lipinski definition) is 3. The summed E-state index contributed by atoms with van der Waals surface area (Å²) in [6.45, 7) is 0. The highest BCUT2D eigenvalue weighted by atomic mass is 16.5. The maximum atomic E-state index is 5.34. The second-order valence-electron chi connectivity index (χ2n) is 4.59. The molecule has 0 atom stereocenters. The molecule has 0 bridgehead atoms. The van der Waals surface area contributed by atoms with E-state index < -0.39 is 0 Å². The van der Waals surface area contributed by atoms with E-state index >= 15 is 0 Å². The largest absolute Gasteiger partial charge is 0.493 e. The van der Waals surface area contributed by atoms with Crippen LogP contribution >= 0.6 is 0 Å². The van der Waals surface area contributed by atoms with Gasteiger partial charge in [0.05, 0.1) is 21.3 Å². The molecule has 0 aliphatic carbocycles. The van der Waals surface area contributed by atoms with Gasteiger partial charge in [0.2, 0.25) is 5.75 Å². The van der Waals surface area contributed by atoms with Crippen molar-refractivity contribution in [3.8, 4) is 17.2 Å². The fraction of sp³-hybridized carbons (Fsp3) is 0.235. The third-order valence-electron chi connectivity index (χ3n) is 3.16. The molecule has 0 unspecified atom stereocenters. The van der Waals surface area contributed by atoms with Crippen LogP contribution in [0.1, 0.15) is 11.1 Å². The molecule has 4 heteroatoms. The third kappa shape index (κ3) is 3.54. The maximum absolute atomic E-state index is 5.34. The van der Waals surface area contributed by atoms with E-state index in [-0.39, 0.29) is 0 Å². The Balaban J connectivity index is 2.33. The summed E-state index contributed by atoms with van der Waals surface area (Å²) in [6, 6.07) is 7.94. The highest BCUT2D eigenvalue weighted by Crippen LogP contribution is 2.38. The minimum absolute atomic E-state index is 0.601. The van der Waals surface area contributed by atoms with Gasteiger partial charge in [0.15, 0.2) is 23.9 Å². The molecule has 0 aliphatic heterocycles. The predicted molar refractivity (Wildman–Crippen MR) is 82.6 cm³/mol. The Morgan fingerprint density at radius 2 is 1.33 bits per heavy atom. The van der Waals surface area contributed by atoms with Crippen molar-refractivity contribution in [3.63, 3.8) is 0 Å². The van der Waals surface area contributed by atoms with E-state index in [1.165, 1.54) is 0 Å². The first-order valence-corrected chi connectivity index (χ1v) is 6.61. The summed E-state index contributed by atoms with van der Waals surface area (Å²) in [4.78, 5) is 0. The van der Waals surface area contributed by atoms with E-state index in [9.17, 15) is 0 Å². The van der Waals surface area contributed by atoms with Crippen molar-refractivity contribution in [2.45, 2.75) is 0 Å². The molecule has 0 amide bonds. The van der Waals surface area contributed by atoms with E-state index in [2.05, 4.69) is 12.1 Å². The lowest BCUT2D eigenvalue weighted by atomic mass is 10.1. The molecule has 2 aromatic rings. The van der Waals surface area contributed by atoms with Crippen LogP contribution in [0.4, 0.5) is 0 Å². The SMILES string of the molecule is COc1cc(C=Cc2cc[n+](C)cc2)cc(OC)c1OC. The van der Waals surface area contributed by atoms with Gasteiger partial charge in [-0.15, -0.1) is 0 Å². The van der Waals surface area contributed by atoms with Crippen molar-refractivity contribution < 1.29 is 18.8 Å². The molecule has 2 rings (SSSR count). The average Bonchev–Trinajstić information content (AvgIpc) is 2.53. The zero-order chi connectivity index (χ0) is 15.2. The highest BCUT2D eigenvalue weighted by Gasteiger charge is 2.11. The molecule has 1 aromatic carbocycles. The molecule has 21 heavy (non-hydrogen) atoms. The molecule has 0 aliphatic rings. The van der Waals surface area contributed by atoms with Crippen molar-refractivity contribution >= 4 is 12.2 Å². The molecule has 0 fully saturated rings. The minimum Gasteiger partial charge on any atom is -0.493 e. The van der Waals surface area contributed by atoms with Crippen LogP contribution in [0.3, 0.4) is 0 Å². The Labute approximate surface area is 125 Å². The molecule has 1 heterocycles. The van der Waals surface area contributed by atoms with Crippen LogP contribution in [-0.4, -0.2) is 21.3 Å². The zero-order valence-electron chi connectivity index (χ0n) is 12.8. The van der Waals surface area contributed by atoms with Gasteiger partial charge in [-0.25, -0.2) is 4.57 Å². The van der Waals surface area contributed by atoms with Gasteiger partial charge in [-0.1, -0.05) is 12.2 Å². The maximum Gasteiger partial charge on any atom is 0.203 e. The molecule has 4 nitrogen and oxygen atoms in total. The van der Waals surface area contributed by atoms with Crippen LogP contribution < -0.4 is 18.8 Å². The topological polar surface area (TPSA) is 31.6 Å². The predicted octanol–water partition coefficient (Wildman–Crippen LogP) is 2.71. The first-order chi connectivity index (χ1) is 10.2. The van der Waals surface area contributed by atoms with Gasteiger partial charge < -0.3 is 14.2 Å². The summed E-state index contributed by atoms with van der Waals surface area (Å²) in [6.07, 6.45) is 8.07. The van der Waals surface area contributed by atoms with Gasteiger partial charge in [0, 0.05) is 12.1 Å². The van der Waals surface area contributed by atoms with Crippen LogP contribution in [0.15, 0.2) is 36.7 Å². The summed E-state index contributed by atoms with van der Waals surface area (Å²) in [5, 5.41) is 0. The Morgan fingerprint density at radius 3 is 1.81 bits per heavy atom. The number of aromatic nitrogens is 1. The lowest BCUT2D eigenvalue weighted by Crippen LogP contribution is -2.25. The molecular formula is C17H20NO3+. The van der Waals surface area contributed by atoms with Gasteiger partial charge in [-0.2, -0.15) is 0 Å². The number of methoxy groups -OCH3 is 3. The fourth-order valence-electron chi connectivity index (χ4n) is 2.01. The Kier molecular flexibility index (Phi) is 4.82. The molecule has 0 N–H and O–H groups in total. The second-order valence-corrected chi connectivity index (χ2v) is 4.59. The standard InChI is InChI=1S/C17H20NO3/c1-18-9-7-13(8-10-18)5-6-14-11-15(19-2)17(21-4)16(12-14)20-3/h5-12H,1-4H3/q+1. The van der Waals surface area contributed by atoms with Gasteiger partial charge in [-0.05, 0) is 23.3 Å².